The maximum atomic E-state index is 12.3. The summed E-state index contributed by atoms with van der Waals surface area (Å²) in [6, 6.07) is 12.1. The molecule has 3 aromatic rings. The van der Waals surface area contributed by atoms with E-state index in [1.807, 2.05) is 51.1 Å². The lowest BCUT2D eigenvalue weighted by Gasteiger charge is -2.34. The molecular weight excluding hydrogens is 374 g/mol. The number of hydrogen-bond donors (Lipinski definition) is 1. The largest absolute Gasteiger partial charge is 0.356 e. The van der Waals surface area contributed by atoms with Gasteiger partial charge in [0.15, 0.2) is 5.82 Å². The van der Waals surface area contributed by atoms with Gasteiger partial charge in [0.2, 0.25) is 5.91 Å². The first-order valence-corrected chi connectivity index (χ1v) is 10.6. The maximum Gasteiger partial charge on any atom is 0.225 e. The Hall–Kier alpha value is -3.02. The molecule has 0 saturated carbocycles. The lowest BCUT2D eigenvalue weighted by molar-refractivity contribution is -0.128. The van der Waals surface area contributed by atoms with Crippen molar-refractivity contribution in [3.8, 4) is 11.4 Å². The monoisotopic (exact) mass is 403 g/mol. The van der Waals surface area contributed by atoms with Gasteiger partial charge < -0.3 is 10.2 Å². The summed E-state index contributed by atoms with van der Waals surface area (Å²) in [5, 5.41) is 4.20. The second-order valence-electron chi connectivity index (χ2n) is 9.04. The summed E-state index contributed by atoms with van der Waals surface area (Å²) in [6.45, 7) is 8.38. The van der Waals surface area contributed by atoms with Crippen molar-refractivity contribution in [2.45, 2.75) is 33.6 Å². The highest BCUT2D eigenvalue weighted by Crippen LogP contribution is 2.30. The van der Waals surface area contributed by atoms with Gasteiger partial charge in [-0.2, -0.15) is 0 Å². The molecule has 1 aromatic carbocycles. The number of carbonyl (C=O) groups is 1. The number of nitrogens with zero attached hydrogens (tertiary/aromatic N) is 4. The zero-order chi connectivity index (χ0) is 21.1. The molecule has 1 saturated heterocycles. The fraction of sp³-hybridized carbons (Fsp3) is 0.417. The number of amides is 1. The number of pyridine rings is 1. The summed E-state index contributed by atoms with van der Waals surface area (Å²) >= 11 is 0. The van der Waals surface area contributed by atoms with Crippen molar-refractivity contribution in [1.29, 1.82) is 0 Å². The van der Waals surface area contributed by atoms with Gasteiger partial charge in [0.05, 0.1) is 5.52 Å². The number of para-hydroxylation sites is 1. The zero-order valence-corrected chi connectivity index (χ0v) is 17.9. The lowest BCUT2D eigenvalue weighted by Crippen LogP contribution is -2.43. The Morgan fingerprint density at radius 1 is 1.13 bits per heavy atom. The topological polar surface area (TPSA) is 71.0 Å². The first-order valence-electron chi connectivity index (χ1n) is 10.6. The lowest BCUT2D eigenvalue weighted by atomic mass is 9.94. The van der Waals surface area contributed by atoms with Gasteiger partial charge in [0.25, 0.3) is 0 Å². The second-order valence-corrected chi connectivity index (χ2v) is 9.04. The zero-order valence-electron chi connectivity index (χ0n) is 17.9. The van der Waals surface area contributed by atoms with Crippen LogP contribution in [-0.4, -0.2) is 40.5 Å². The number of rotatable bonds is 4. The van der Waals surface area contributed by atoms with Crippen LogP contribution in [0.4, 0.5) is 5.82 Å². The molecule has 1 atom stereocenters. The summed E-state index contributed by atoms with van der Waals surface area (Å²) in [7, 11) is 0. The number of piperidine rings is 1. The van der Waals surface area contributed by atoms with Crippen LogP contribution in [0, 0.1) is 11.3 Å². The maximum absolute atomic E-state index is 12.3. The average Bonchev–Trinajstić information content (AvgIpc) is 2.77. The van der Waals surface area contributed by atoms with Gasteiger partial charge in [-0.3, -0.25) is 9.78 Å². The minimum Gasteiger partial charge on any atom is -0.356 e. The Morgan fingerprint density at radius 3 is 2.67 bits per heavy atom. The molecule has 0 bridgehead atoms. The molecule has 156 valence electrons. The van der Waals surface area contributed by atoms with Gasteiger partial charge in [-0.05, 0) is 43.0 Å². The van der Waals surface area contributed by atoms with Gasteiger partial charge in [-0.15, -0.1) is 0 Å². The smallest absolute Gasteiger partial charge is 0.225 e. The van der Waals surface area contributed by atoms with E-state index in [-0.39, 0.29) is 11.3 Å². The second kappa shape index (κ2) is 8.38. The number of anilines is 1. The van der Waals surface area contributed by atoms with Crippen LogP contribution in [0.25, 0.3) is 22.3 Å². The number of carbonyl (C=O) groups excluding carboxylic acids is 1. The van der Waals surface area contributed by atoms with E-state index in [9.17, 15) is 4.79 Å². The molecule has 0 radical (unpaired) electrons. The van der Waals surface area contributed by atoms with Crippen molar-refractivity contribution in [2.24, 2.45) is 11.3 Å². The summed E-state index contributed by atoms with van der Waals surface area (Å²) in [5.74, 6) is 2.20. The predicted molar refractivity (Wildman–Crippen MR) is 120 cm³/mol. The van der Waals surface area contributed by atoms with E-state index in [2.05, 4.69) is 21.3 Å². The van der Waals surface area contributed by atoms with Gasteiger partial charge >= 0.3 is 0 Å². The third-order valence-corrected chi connectivity index (χ3v) is 5.57. The number of benzene rings is 1. The molecule has 4 rings (SSSR count). The standard InChI is InChI=1S/C24H29N5O/c1-24(2,3)23(30)26-15-17-7-6-14-29(16-17)22-19-8-4-5-9-20(19)27-21(28-22)18-10-12-25-13-11-18/h4-5,8-13,17H,6-7,14-16H2,1-3H3,(H,26,30). The van der Waals surface area contributed by atoms with Crippen LogP contribution in [0.3, 0.4) is 0 Å². The van der Waals surface area contributed by atoms with Gasteiger partial charge in [0, 0.05) is 48.4 Å². The van der Waals surface area contributed by atoms with Crippen molar-refractivity contribution in [2.75, 3.05) is 24.5 Å². The normalized spacial score (nSPS) is 17.2. The fourth-order valence-electron chi connectivity index (χ4n) is 3.86. The highest BCUT2D eigenvalue weighted by molar-refractivity contribution is 5.91. The van der Waals surface area contributed by atoms with Crippen molar-refractivity contribution in [1.82, 2.24) is 20.3 Å². The molecule has 1 fully saturated rings. The molecule has 30 heavy (non-hydrogen) atoms. The Kier molecular flexibility index (Phi) is 5.66. The van der Waals surface area contributed by atoms with E-state index in [0.717, 1.165) is 48.2 Å². The van der Waals surface area contributed by atoms with Crippen LogP contribution in [0.5, 0.6) is 0 Å². The average molecular weight is 404 g/mol. The SMILES string of the molecule is CC(C)(C)C(=O)NCC1CCCN(c2nc(-c3ccncc3)nc3ccccc23)C1. The summed E-state index contributed by atoms with van der Waals surface area (Å²) in [4.78, 5) is 28.5. The molecule has 0 spiro atoms. The van der Waals surface area contributed by atoms with Crippen LogP contribution in [0.2, 0.25) is 0 Å². The van der Waals surface area contributed by atoms with Crippen molar-refractivity contribution >= 4 is 22.6 Å². The summed E-state index contributed by atoms with van der Waals surface area (Å²) in [5.41, 5.74) is 1.54. The first kappa shape index (κ1) is 20.3. The molecule has 1 unspecified atom stereocenters. The summed E-state index contributed by atoms with van der Waals surface area (Å²) < 4.78 is 0. The van der Waals surface area contributed by atoms with Crippen LogP contribution >= 0.6 is 0 Å². The molecule has 6 heteroatoms. The molecule has 6 nitrogen and oxygen atoms in total. The van der Waals surface area contributed by atoms with E-state index in [0.29, 0.717) is 18.3 Å². The third-order valence-electron chi connectivity index (χ3n) is 5.57. The third kappa shape index (κ3) is 4.42. The molecule has 1 N–H and O–H groups in total. The van der Waals surface area contributed by atoms with E-state index in [1.54, 1.807) is 12.4 Å². The number of aromatic nitrogens is 3. The Morgan fingerprint density at radius 2 is 1.90 bits per heavy atom. The predicted octanol–water partition coefficient (Wildman–Crippen LogP) is 4.07. The quantitative estimate of drug-likeness (QED) is 0.711. The van der Waals surface area contributed by atoms with Crippen LogP contribution in [-0.2, 0) is 4.79 Å². The molecule has 1 aliphatic rings. The van der Waals surface area contributed by atoms with E-state index in [4.69, 9.17) is 9.97 Å². The highest BCUT2D eigenvalue weighted by Gasteiger charge is 2.26. The Balaban J connectivity index is 1.61. The van der Waals surface area contributed by atoms with E-state index in [1.165, 1.54) is 0 Å². The number of nitrogens with one attached hydrogen (secondary N) is 1. The number of hydrogen-bond acceptors (Lipinski definition) is 5. The molecule has 2 aromatic heterocycles. The van der Waals surface area contributed by atoms with Crippen molar-refractivity contribution in [3.63, 3.8) is 0 Å². The van der Waals surface area contributed by atoms with Crippen molar-refractivity contribution in [3.05, 3.63) is 48.8 Å². The number of fused-ring (bicyclic) bond motifs is 1. The van der Waals surface area contributed by atoms with Crippen LogP contribution < -0.4 is 10.2 Å². The molecule has 3 heterocycles. The van der Waals surface area contributed by atoms with Crippen LogP contribution in [0.1, 0.15) is 33.6 Å². The minimum atomic E-state index is -0.364. The molecule has 1 aliphatic heterocycles. The van der Waals surface area contributed by atoms with Crippen molar-refractivity contribution < 1.29 is 4.79 Å². The van der Waals surface area contributed by atoms with E-state index < -0.39 is 0 Å². The molecular formula is C24H29N5O. The molecule has 1 amide bonds. The first-order chi connectivity index (χ1) is 14.4. The minimum absolute atomic E-state index is 0.104. The fourth-order valence-corrected chi connectivity index (χ4v) is 3.86. The van der Waals surface area contributed by atoms with Gasteiger partial charge in [-0.25, -0.2) is 9.97 Å². The Labute approximate surface area is 177 Å². The molecule has 0 aliphatic carbocycles. The highest BCUT2D eigenvalue weighted by atomic mass is 16.2. The van der Waals surface area contributed by atoms with Gasteiger partial charge in [0.1, 0.15) is 5.82 Å². The Bertz CT molecular complexity index is 1030. The van der Waals surface area contributed by atoms with E-state index >= 15 is 0 Å². The van der Waals surface area contributed by atoms with Gasteiger partial charge in [-0.1, -0.05) is 32.9 Å². The van der Waals surface area contributed by atoms with Crippen LogP contribution in [0.15, 0.2) is 48.8 Å². The summed E-state index contributed by atoms with van der Waals surface area (Å²) in [6.07, 6.45) is 5.73.